The Hall–Kier alpha value is -2.54. The van der Waals surface area contributed by atoms with E-state index < -0.39 is 0 Å². The van der Waals surface area contributed by atoms with Gasteiger partial charge in [-0.1, -0.05) is 28.9 Å². The summed E-state index contributed by atoms with van der Waals surface area (Å²) in [7, 11) is 0. The maximum absolute atomic E-state index is 12.8. The molecule has 0 saturated carbocycles. The van der Waals surface area contributed by atoms with Crippen LogP contribution in [0.5, 0.6) is 0 Å². The number of nitrogens with one attached hydrogen (secondary N) is 1. The van der Waals surface area contributed by atoms with Crippen molar-refractivity contribution >= 4 is 38.6 Å². The van der Waals surface area contributed by atoms with Crippen LogP contribution in [0.1, 0.15) is 24.6 Å². The number of amides is 1. The van der Waals surface area contributed by atoms with E-state index in [1.807, 2.05) is 18.2 Å². The second-order valence-electron chi connectivity index (χ2n) is 7.05. The van der Waals surface area contributed by atoms with Crippen LogP contribution in [-0.4, -0.2) is 20.4 Å². The highest BCUT2D eigenvalue weighted by Crippen LogP contribution is 2.25. The number of carbonyl (C=O) groups excluding carboxylic acids is 1. The summed E-state index contributed by atoms with van der Waals surface area (Å²) in [5.74, 6) is 0.308. The number of hydrogen-bond acceptors (Lipinski definition) is 4. The van der Waals surface area contributed by atoms with Crippen LogP contribution < -0.4 is 10.9 Å². The standard InChI is InChI=1S/C20H19BrN4O2/c1-12-5-6-17-13(7-12)8-16-19(24-17)22-11-25(20(16)27)10-18(26)23-15-4-2-3-14(21)9-15/h2-4,8-9,11-12H,5-7,10H2,1H3,(H,23,26). The Bertz CT molecular complexity index is 1090. The lowest BCUT2D eigenvalue weighted by Gasteiger charge is -2.20. The molecule has 6 nitrogen and oxygen atoms in total. The number of aromatic nitrogens is 3. The molecule has 0 aliphatic heterocycles. The number of fused-ring (bicyclic) bond motifs is 2. The van der Waals surface area contributed by atoms with Gasteiger partial charge in [0.15, 0.2) is 5.65 Å². The summed E-state index contributed by atoms with van der Waals surface area (Å²) in [5, 5.41) is 3.26. The third-order valence-corrected chi connectivity index (χ3v) is 5.34. The number of anilines is 1. The summed E-state index contributed by atoms with van der Waals surface area (Å²) < 4.78 is 2.20. The molecule has 0 fully saturated rings. The monoisotopic (exact) mass is 426 g/mol. The fraction of sp³-hybridized carbons (Fsp3) is 0.300. The summed E-state index contributed by atoms with van der Waals surface area (Å²) in [4.78, 5) is 34.0. The van der Waals surface area contributed by atoms with Crippen molar-refractivity contribution < 1.29 is 4.79 Å². The van der Waals surface area contributed by atoms with Crippen molar-refractivity contribution in [1.29, 1.82) is 0 Å². The average Bonchev–Trinajstić information content (AvgIpc) is 2.63. The predicted octanol–water partition coefficient (Wildman–Crippen LogP) is 3.32. The van der Waals surface area contributed by atoms with Gasteiger partial charge in [-0.3, -0.25) is 14.2 Å². The lowest BCUT2D eigenvalue weighted by atomic mass is 9.87. The predicted molar refractivity (Wildman–Crippen MR) is 108 cm³/mol. The van der Waals surface area contributed by atoms with Gasteiger partial charge in [0.05, 0.1) is 5.39 Å². The number of nitrogens with zero attached hydrogens (tertiary/aromatic N) is 3. The summed E-state index contributed by atoms with van der Waals surface area (Å²) >= 11 is 3.37. The van der Waals surface area contributed by atoms with Crippen LogP contribution >= 0.6 is 15.9 Å². The average molecular weight is 427 g/mol. The van der Waals surface area contributed by atoms with Crippen molar-refractivity contribution in [2.24, 2.45) is 5.92 Å². The van der Waals surface area contributed by atoms with Crippen molar-refractivity contribution in [2.75, 3.05) is 5.32 Å². The topological polar surface area (TPSA) is 76.9 Å². The zero-order chi connectivity index (χ0) is 19.0. The summed E-state index contributed by atoms with van der Waals surface area (Å²) in [5.41, 5.74) is 3.05. The molecule has 1 unspecified atom stereocenters. The van der Waals surface area contributed by atoms with E-state index in [0.29, 0.717) is 22.6 Å². The molecule has 1 amide bonds. The summed E-state index contributed by atoms with van der Waals surface area (Å²) in [6.07, 6.45) is 4.36. The number of benzene rings is 1. The lowest BCUT2D eigenvalue weighted by Crippen LogP contribution is -2.28. The Kier molecular flexibility index (Phi) is 4.78. The van der Waals surface area contributed by atoms with Crippen LogP contribution in [0.3, 0.4) is 0 Å². The fourth-order valence-electron chi connectivity index (χ4n) is 3.46. The minimum Gasteiger partial charge on any atom is -0.324 e. The molecule has 1 aliphatic carbocycles. The first-order valence-electron chi connectivity index (χ1n) is 8.93. The van der Waals surface area contributed by atoms with E-state index in [1.165, 1.54) is 10.9 Å². The molecule has 2 heterocycles. The zero-order valence-corrected chi connectivity index (χ0v) is 16.5. The minimum absolute atomic E-state index is 0.0955. The second-order valence-corrected chi connectivity index (χ2v) is 7.97. The molecule has 0 saturated heterocycles. The normalized spacial score (nSPS) is 16.1. The largest absolute Gasteiger partial charge is 0.324 e. The molecule has 0 spiro atoms. The molecule has 1 N–H and O–H groups in total. The molecule has 7 heteroatoms. The van der Waals surface area contributed by atoms with Crippen molar-refractivity contribution in [2.45, 2.75) is 32.7 Å². The summed E-state index contributed by atoms with van der Waals surface area (Å²) in [6, 6.07) is 9.21. The van der Waals surface area contributed by atoms with Crippen molar-refractivity contribution in [1.82, 2.24) is 14.5 Å². The maximum atomic E-state index is 12.8. The van der Waals surface area contributed by atoms with Crippen molar-refractivity contribution in [3.05, 3.63) is 62.7 Å². The third-order valence-electron chi connectivity index (χ3n) is 4.85. The van der Waals surface area contributed by atoms with Gasteiger partial charge in [-0.25, -0.2) is 9.97 Å². The highest BCUT2D eigenvalue weighted by molar-refractivity contribution is 9.10. The van der Waals surface area contributed by atoms with Gasteiger partial charge in [0.25, 0.3) is 5.56 Å². The van der Waals surface area contributed by atoms with E-state index in [1.54, 1.807) is 12.1 Å². The molecule has 1 atom stereocenters. The first kappa shape index (κ1) is 17.9. The molecule has 2 aromatic heterocycles. The van der Waals surface area contributed by atoms with Gasteiger partial charge in [-0.05, 0) is 55.0 Å². The molecule has 0 radical (unpaired) electrons. The summed E-state index contributed by atoms with van der Waals surface area (Å²) in [6.45, 7) is 2.11. The van der Waals surface area contributed by atoms with Gasteiger partial charge in [0, 0.05) is 15.9 Å². The number of aryl methyl sites for hydroxylation is 1. The number of carbonyl (C=O) groups is 1. The number of pyridine rings is 1. The van der Waals surface area contributed by atoms with E-state index in [2.05, 4.69) is 38.1 Å². The van der Waals surface area contributed by atoms with Crippen molar-refractivity contribution in [3.8, 4) is 0 Å². The first-order chi connectivity index (χ1) is 13.0. The molecular weight excluding hydrogens is 408 g/mol. The molecular formula is C20H19BrN4O2. The number of hydrogen-bond donors (Lipinski definition) is 1. The van der Waals surface area contributed by atoms with Crippen LogP contribution in [0.15, 0.2) is 45.9 Å². The van der Waals surface area contributed by atoms with Crippen LogP contribution in [0.2, 0.25) is 0 Å². The zero-order valence-electron chi connectivity index (χ0n) is 14.9. The minimum atomic E-state index is -0.282. The van der Waals surface area contributed by atoms with Crippen molar-refractivity contribution in [3.63, 3.8) is 0 Å². The SMILES string of the molecule is CC1CCc2nc3ncn(CC(=O)Nc4cccc(Br)c4)c(=O)c3cc2C1. The highest BCUT2D eigenvalue weighted by atomic mass is 79.9. The molecule has 4 rings (SSSR count). The molecule has 1 aromatic carbocycles. The van der Waals surface area contributed by atoms with E-state index >= 15 is 0 Å². The lowest BCUT2D eigenvalue weighted by molar-refractivity contribution is -0.116. The maximum Gasteiger partial charge on any atom is 0.263 e. The Morgan fingerprint density at radius 3 is 3.04 bits per heavy atom. The Labute approximate surface area is 164 Å². The van der Waals surface area contributed by atoms with Gasteiger partial charge in [0.2, 0.25) is 5.91 Å². The van der Waals surface area contributed by atoms with Gasteiger partial charge in [-0.2, -0.15) is 0 Å². The van der Waals surface area contributed by atoms with E-state index in [4.69, 9.17) is 0 Å². The molecule has 3 aromatic rings. The molecule has 138 valence electrons. The quantitative estimate of drug-likeness (QED) is 0.696. The molecule has 1 aliphatic rings. The number of halogens is 1. The first-order valence-corrected chi connectivity index (χ1v) is 9.72. The Balaban J connectivity index is 1.61. The Morgan fingerprint density at radius 2 is 2.22 bits per heavy atom. The van der Waals surface area contributed by atoms with Gasteiger partial charge in [-0.15, -0.1) is 0 Å². The van der Waals surface area contributed by atoms with Crippen LogP contribution in [0, 0.1) is 5.92 Å². The molecule has 0 bridgehead atoms. The van der Waals surface area contributed by atoms with Crippen LogP contribution in [0.4, 0.5) is 5.69 Å². The van der Waals surface area contributed by atoms with E-state index in [0.717, 1.165) is 35.0 Å². The smallest absolute Gasteiger partial charge is 0.263 e. The van der Waals surface area contributed by atoms with Gasteiger partial charge >= 0.3 is 0 Å². The van der Waals surface area contributed by atoms with Crippen LogP contribution in [-0.2, 0) is 24.2 Å². The molecule has 27 heavy (non-hydrogen) atoms. The number of rotatable bonds is 3. The fourth-order valence-corrected chi connectivity index (χ4v) is 3.86. The second kappa shape index (κ2) is 7.23. The van der Waals surface area contributed by atoms with E-state index in [9.17, 15) is 9.59 Å². The Morgan fingerprint density at radius 1 is 1.37 bits per heavy atom. The van der Waals surface area contributed by atoms with Gasteiger partial charge < -0.3 is 5.32 Å². The third kappa shape index (κ3) is 3.78. The van der Waals surface area contributed by atoms with E-state index in [-0.39, 0.29) is 18.0 Å². The van der Waals surface area contributed by atoms with Crippen LogP contribution in [0.25, 0.3) is 11.0 Å². The highest BCUT2D eigenvalue weighted by Gasteiger charge is 2.19. The van der Waals surface area contributed by atoms with Gasteiger partial charge in [0.1, 0.15) is 12.9 Å².